The van der Waals surface area contributed by atoms with Crippen molar-refractivity contribution >= 4 is 25.7 Å². The predicted octanol–water partition coefficient (Wildman–Crippen LogP) is 17.3. The van der Waals surface area contributed by atoms with E-state index in [2.05, 4.69) is 118 Å². The first kappa shape index (κ1) is 70.4. The number of aliphatic hydroxyl groups excluding tert-OH is 1. The van der Waals surface area contributed by atoms with Gasteiger partial charge in [-0.15, -0.1) is 0 Å². The van der Waals surface area contributed by atoms with Crippen molar-refractivity contribution < 1.29 is 52.2 Å². The number of rotatable bonds is 53. The Labute approximate surface area is 451 Å². The highest BCUT2D eigenvalue weighted by Gasteiger charge is 2.28. The lowest BCUT2D eigenvalue weighted by Crippen LogP contribution is -2.30. The summed E-state index contributed by atoms with van der Waals surface area (Å²) in [6, 6.07) is 0. The van der Waals surface area contributed by atoms with Crippen molar-refractivity contribution in [1.82, 2.24) is 0 Å². The maximum atomic E-state index is 12.9. The van der Waals surface area contributed by atoms with Crippen LogP contribution in [-0.4, -0.2) is 66.5 Å². The van der Waals surface area contributed by atoms with Crippen molar-refractivity contribution in [3.63, 3.8) is 0 Å². The van der Waals surface area contributed by atoms with Gasteiger partial charge in [-0.3, -0.25) is 23.4 Å². The maximum absolute atomic E-state index is 12.9. The van der Waals surface area contributed by atoms with E-state index in [4.69, 9.17) is 23.3 Å². The normalized spacial score (nSPS) is 14.1. The lowest BCUT2D eigenvalue weighted by Gasteiger charge is -2.21. The molecule has 0 aliphatic heterocycles. The van der Waals surface area contributed by atoms with E-state index in [0.717, 1.165) is 116 Å². The second kappa shape index (κ2) is 55.6. The molecule has 0 bridgehead atoms. The van der Waals surface area contributed by atoms with Crippen LogP contribution < -0.4 is 0 Å². The minimum absolute atomic E-state index is 0.129. The van der Waals surface area contributed by atoms with Gasteiger partial charge in [0.1, 0.15) is 12.7 Å². The van der Waals surface area contributed by atoms with E-state index in [9.17, 15) is 28.9 Å². The Kier molecular flexibility index (Phi) is 52.9. The van der Waals surface area contributed by atoms with Gasteiger partial charge in [-0.2, -0.15) is 0 Å². The zero-order chi connectivity index (χ0) is 54.1. The highest BCUT2D eigenvalue weighted by atomic mass is 31.2. The van der Waals surface area contributed by atoms with Gasteiger partial charge in [0, 0.05) is 19.3 Å². The maximum Gasteiger partial charge on any atom is 0.472 e. The molecular weight excluding hydrogens is 952 g/mol. The molecule has 0 aromatic heterocycles. The number of aliphatic hydroxyl groups is 1. The second-order valence-corrected chi connectivity index (χ2v) is 20.5. The number of hydrogen-bond acceptors (Lipinski definition) is 10. The van der Waals surface area contributed by atoms with E-state index in [1.165, 1.54) is 64.2 Å². The Hall–Kier alpha value is -3.60. The fourth-order valence-electron chi connectivity index (χ4n) is 7.59. The van der Waals surface area contributed by atoms with Gasteiger partial charge in [0.2, 0.25) is 0 Å². The van der Waals surface area contributed by atoms with Gasteiger partial charge in [0.05, 0.1) is 19.8 Å². The van der Waals surface area contributed by atoms with Crippen LogP contribution in [0.25, 0.3) is 0 Å². The molecule has 0 saturated carbocycles. The van der Waals surface area contributed by atoms with Crippen LogP contribution in [-0.2, 0) is 42.2 Å². The van der Waals surface area contributed by atoms with Crippen LogP contribution in [0, 0.1) is 0 Å². The lowest BCUT2D eigenvalue weighted by molar-refractivity contribution is -0.161. The number of esters is 3. The van der Waals surface area contributed by atoms with Crippen molar-refractivity contribution in [1.29, 1.82) is 0 Å². The summed E-state index contributed by atoms with van der Waals surface area (Å²) in [6.45, 7) is 4.35. The van der Waals surface area contributed by atoms with Gasteiger partial charge in [-0.05, 0) is 116 Å². The van der Waals surface area contributed by atoms with E-state index in [0.29, 0.717) is 19.3 Å². The van der Waals surface area contributed by atoms with Crippen LogP contribution in [0.3, 0.4) is 0 Å². The summed E-state index contributed by atoms with van der Waals surface area (Å²) in [4.78, 5) is 48.5. The van der Waals surface area contributed by atoms with E-state index in [1.807, 2.05) is 0 Å². The molecule has 0 aliphatic rings. The fourth-order valence-corrected chi connectivity index (χ4v) is 8.37. The number of carbonyl (C=O) groups is 3. The molecule has 0 aromatic carbocycles. The topological polar surface area (TPSA) is 155 Å². The summed E-state index contributed by atoms with van der Waals surface area (Å²) < 4.78 is 39.5. The summed E-state index contributed by atoms with van der Waals surface area (Å²) in [6.07, 6.45) is 65.1. The Morgan fingerprint density at radius 1 is 0.392 bits per heavy atom. The molecule has 0 spiro atoms. The zero-order valence-electron chi connectivity index (χ0n) is 46.8. The number of phosphoric acid groups is 1. The van der Waals surface area contributed by atoms with Crippen LogP contribution >= 0.6 is 7.82 Å². The number of allylic oxidation sites excluding steroid dienone is 16. The third-order valence-electron chi connectivity index (χ3n) is 12.0. The molecule has 11 nitrogen and oxygen atoms in total. The number of hydrogen-bond donors (Lipinski definition) is 2. The number of ether oxygens (including phenoxy) is 3. The third-order valence-corrected chi connectivity index (χ3v) is 12.9. The first-order valence-corrected chi connectivity index (χ1v) is 30.6. The van der Waals surface area contributed by atoms with Crippen molar-refractivity contribution in [3.05, 3.63) is 97.2 Å². The molecule has 0 aromatic rings. The first-order valence-electron chi connectivity index (χ1n) is 29.1. The van der Waals surface area contributed by atoms with E-state index >= 15 is 0 Å². The van der Waals surface area contributed by atoms with Crippen molar-refractivity contribution in [2.24, 2.45) is 0 Å². The Morgan fingerprint density at radius 3 is 1.11 bits per heavy atom. The predicted molar refractivity (Wildman–Crippen MR) is 307 cm³/mol. The van der Waals surface area contributed by atoms with Crippen molar-refractivity contribution in [3.8, 4) is 0 Å². The summed E-state index contributed by atoms with van der Waals surface area (Å²) in [7, 11) is -4.77. The van der Waals surface area contributed by atoms with Gasteiger partial charge < -0.3 is 24.2 Å². The molecule has 2 N–H and O–H groups in total. The molecule has 0 radical (unpaired) electrons. The summed E-state index contributed by atoms with van der Waals surface area (Å²) >= 11 is 0. The highest BCUT2D eigenvalue weighted by Crippen LogP contribution is 2.43. The second-order valence-electron chi connectivity index (χ2n) is 19.0. The monoisotopic (exact) mass is 1060 g/mol. The summed E-state index contributed by atoms with van der Waals surface area (Å²) in [5.41, 5.74) is 0. The number of carbonyl (C=O) groups excluding carboxylic acids is 3. The van der Waals surface area contributed by atoms with Gasteiger partial charge in [-0.1, -0.05) is 201 Å². The van der Waals surface area contributed by atoms with Crippen LogP contribution in [0.15, 0.2) is 97.2 Å². The standard InChI is InChI=1S/C62H105O11P/c1-4-7-10-13-16-19-22-25-27-29-31-34-37-40-43-46-49-52-61(65)72-58(54-63)56-70-74(67,68)71-57-59(55-69-60(64)51-48-45-42-39-36-33-24-21-18-15-12-9-6-3)73-62(66)53-50-47-44-41-38-35-32-30-28-26-23-20-17-14-11-8-5-2/h8-9,11-12,17-18,20-21,25-28,32-33,35-36,58-59,63H,4-7,10,13-16,19,22-24,29-31,34,37-57H2,1-3H3,(H,67,68)/b11-8-,12-9-,20-17-,21-18-,27-25-,28-26-,35-32-,36-33-. The third kappa shape index (κ3) is 53.2. The number of unbranched alkanes of at least 4 members (excludes halogenated alkanes) is 20. The molecule has 0 aliphatic carbocycles. The van der Waals surface area contributed by atoms with Gasteiger partial charge in [0.15, 0.2) is 6.10 Å². The average Bonchev–Trinajstić information content (AvgIpc) is 3.39. The molecule has 74 heavy (non-hydrogen) atoms. The molecule has 0 rings (SSSR count). The van der Waals surface area contributed by atoms with Crippen LogP contribution in [0.5, 0.6) is 0 Å². The minimum atomic E-state index is -4.77. The van der Waals surface area contributed by atoms with E-state index in [-0.39, 0.29) is 25.9 Å². The molecule has 0 amide bonds. The average molecular weight is 1060 g/mol. The zero-order valence-corrected chi connectivity index (χ0v) is 47.7. The van der Waals surface area contributed by atoms with Crippen LogP contribution in [0.1, 0.15) is 239 Å². The lowest BCUT2D eigenvalue weighted by atomic mass is 10.1. The smallest absolute Gasteiger partial charge is 0.462 e. The highest BCUT2D eigenvalue weighted by molar-refractivity contribution is 7.47. The molecular formula is C62H105O11P. The van der Waals surface area contributed by atoms with Gasteiger partial charge in [-0.25, -0.2) is 4.57 Å². The number of phosphoric ester groups is 1. The molecule has 0 saturated heterocycles. The molecule has 0 heterocycles. The molecule has 3 atom stereocenters. The van der Waals surface area contributed by atoms with Crippen LogP contribution in [0.2, 0.25) is 0 Å². The Morgan fingerprint density at radius 2 is 0.703 bits per heavy atom. The van der Waals surface area contributed by atoms with Crippen molar-refractivity contribution in [2.75, 3.05) is 26.4 Å². The fraction of sp³-hybridized carbons (Fsp3) is 0.694. The Bertz CT molecular complexity index is 1610. The van der Waals surface area contributed by atoms with Gasteiger partial charge in [0.25, 0.3) is 0 Å². The largest absolute Gasteiger partial charge is 0.472 e. The minimum Gasteiger partial charge on any atom is -0.462 e. The SMILES string of the molecule is CC/C=C\C/C=C\C/C=C\C/C=C\CCCCCCC(=O)OC(COC(=O)CCCCC/C=C\C/C=C\C/C=C\CC)COP(=O)(O)OCC(CO)OC(=O)CCCCCCCCC/C=C\CCCCCCCC. The Balaban J connectivity index is 4.76. The summed E-state index contributed by atoms with van der Waals surface area (Å²) in [5, 5.41) is 9.82. The van der Waals surface area contributed by atoms with E-state index in [1.54, 1.807) is 0 Å². The molecule has 12 heteroatoms. The van der Waals surface area contributed by atoms with E-state index < -0.39 is 57.8 Å². The first-order chi connectivity index (χ1) is 36.2. The molecule has 0 fully saturated rings. The molecule has 424 valence electrons. The summed E-state index contributed by atoms with van der Waals surface area (Å²) in [5.74, 6) is -1.54. The van der Waals surface area contributed by atoms with Crippen LogP contribution in [0.4, 0.5) is 0 Å². The van der Waals surface area contributed by atoms with Gasteiger partial charge >= 0.3 is 25.7 Å². The molecule has 3 unspecified atom stereocenters. The quantitative estimate of drug-likeness (QED) is 0.0197. The van der Waals surface area contributed by atoms with Crippen molar-refractivity contribution in [2.45, 2.75) is 251 Å².